The van der Waals surface area contributed by atoms with Gasteiger partial charge in [-0.3, -0.25) is 14.9 Å². The average Bonchev–Trinajstić information content (AvgIpc) is 2.82. The molecule has 4 amide bonds. The maximum atomic E-state index is 14.3. The van der Waals surface area contributed by atoms with Crippen molar-refractivity contribution in [3.05, 3.63) is 94.3 Å². The normalized spacial score (nSPS) is 14.9. The van der Waals surface area contributed by atoms with E-state index < -0.39 is 23.7 Å². The number of hydrogen-bond donors (Lipinski definition) is 1. The number of carbonyl (C=O) groups is 3. The molecule has 1 fully saturated rings. The number of methoxy groups -OCH3 is 1. The van der Waals surface area contributed by atoms with Crippen LogP contribution in [0.2, 0.25) is 5.02 Å². The van der Waals surface area contributed by atoms with Crippen LogP contribution in [0.4, 0.5) is 14.9 Å². The zero-order valence-electron chi connectivity index (χ0n) is 17.9. The van der Waals surface area contributed by atoms with Crippen molar-refractivity contribution in [1.29, 1.82) is 0 Å². The first-order valence-corrected chi connectivity index (χ1v) is 10.5. The van der Waals surface area contributed by atoms with Crippen LogP contribution < -0.4 is 19.7 Å². The van der Waals surface area contributed by atoms with Gasteiger partial charge in [-0.25, -0.2) is 14.1 Å². The second-order valence-electron chi connectivity index (χ2n) is 7.19. The van der Waals surface area contributed by atoms with Gasteiger partial charge in [0.05, 0.1) is 12.8 Å². The van der Waals surface area contributed by atoms with Crippen molar-refractivity contribution in [2.75, 3.05) is 12.0 Å². The highest BCUT2D eigenvalue weighted by Gasteiger charge is 2.38. The summed E-state index contributed by atoms with van der Waals surface area (Å²) >= 11 is 6.20. The first kappa shape index (κ1) is 23.0. The zero-order valence-corrected chi connectivity index (χ0v) is 18.6. The minimum Gasteiger partial charge on any atom is -0.497 e. The first-order valence-electron chi connectivity index (χ1n) is 10.1. The Balaban J connectivity index is 1.71. The van der Waals surface area contributed by atoms with Crippen LogP contribution in [0, 0.1) is 5.82 Å². The van der Waals surface area contributed by atoms with Crippen molar-refractivity contribution in [3.63, 3.8) is 0 Å². The molecule has 0 saturated carbocycles. The van der Waals surface area contributed by atoms with E-state index in [1.165, 1.54) is 31.4 Å². The van der Waals surface area contributed by atoms with E-state index >= 15 is 0 Å². The highest BCUT2D eigenvalue weighted by atomic mass is 35.5. The number of carbonyl (C=O) groups excluding carboxylic acids is 3. The summed E-state index contributed by atoms with van der Waals surface area (Å²) in [6.07, 6.45) is 1.28. The van der Waals surface area contributed by atoms with E-state index in [0.29, 0.717) is 27.0 Å². The Bertz CT molecular complexity index is 1320. The molecular formula is C25H18ClFN2O5. The lowest BCUT2D eigenvalue weighted by molar-refractivity contribution is -0.122. The molecule has 3 aromatic rings. The number of rotatable bonds is 6. The Kier molecular flexibility index (Phi) is 6.60. The van der Waals surface area contributed by atoms with Crippen LogP contribution in [0.15, 0.2) is 72.3 Å². The van der Waals surface area contributed by atoms with Gasteiger partial charge in [0.2, 0.25) is 0 Å². The van der Waals surface area contributed by atoms with Crippen molar-refractivity contribution in [1.82, 2.24) is 5.32 Å². The van der Waals surface area contributed by atoms with E-state index in [9.17, 15) is 18.8 Å². The standard InChI is InChI=1S/C25H18ClFN2O5/c1-33-17-11-10-15(22(13-17)34-14-16-6-2-3-7-19(16)26)12-18-23(30)28-25(32)29(24(18)31)21-9-5-4-8-20(21)27/h2-13H,14H2,1H3,(H,28,30,32)/b18-12-. The Hall–Kier alpha value is -4.17. The molecule has 3 aromatic carbocycles. The summed E-state index contributed by atoms with van der Waals surface area (Å²) in [6.45, 7) is 0.114. The predicted molar refractivity (Wildman–Crippen MR) is 124 cm³/mol. The zero-order chi connectivity index (χ0) is 24.2. The number of halogens is 2. The number of benzene rings is 3. The quantitative estimate of drug-likeness (QED) is 0.407. The van der Waals surface area contributed by atoms with E-state index in [-0.39, 0.29) is 17.9 Å². The van der Waals surface area contributed by atoms with E-state index in [0.717, 1.165) is 11.6 Å². The Morgan fingerprint density at radius 1 is 1.03 bits per heavy atom. The maximum Gasteiger partial charge on any atom is 0.336 e. The molecular weight excluding hydrogens is 463 g/mol. The minimum absolute atomic E-state index is 0.114. The summed E-state index contributed by atoms with van der Waals surface area (Å²) in [7, 11) is 1.49. The van der Waals surface area contributed by atoms with Gasteiger partial charge in [-0.1, -0.05) is 41.9 Å². The number of para-hydroxylation sites is 1. The summed E-state index contributed by atoms with van der Waals surface area (Å²) in [5.74, 6) is -1.87. The first-order chi connectivity index (χ1) is 16.4. The third-order valence-electron chi connectivity index (χ3n) is 5.06. The summed E-state index contributed by atoms with van der Waals surface area (Å²) in [5.41, 5.74) is 0.464. The van der Waals surface area contributed by atoms with Gasteiger partial charge >= 0.3 is 6.03 Å². The van der Waals surface area contributed by atoms with E-state index in [4.69, 9.17) is 21.1 Å². The van der Waals surface area contributed by atoms with Crippen molar-refractivity contribution in [2.45, 2.75) is 6.61 Å². The lowest BCUT2D eigenvalue weighted by Gasteiger charge is -2.26. The lowest BCUT2D eigenvalue weighted by Crippen LogP contribution is -2.54. The third kappa shape index (κ3) is 4.62. The van der Waals surface area contributed by atoms with Gasteiger partial charge in [-0.15, -0.1) is 0 Å². The molecule has 1 heterocycles. The van der Waals surface area contributed by atoms with Gasteiger partial charge in [-0.2, -0.15) is 0 Å². The van der Waals surface area contributed by atoms with E-state index in [1.54, 1.807) is 36.4 Å². The molecule has 0 bridgehead atoms. The summed E-state index contributed by atoms with van der Waals surface area (Å²) < 4.78 is 25.5. The van der Waals surface area contributed by atoms with Crippen molar-refractivity contribution in [2.24, 2.45) is 0 Å². The van der Waals surface area contributed by atoms with Gasteiger partial charge in [0.25, 0.3) is 11.8 Å². The van der Waals surface area contributed by atoms with Gasteiger partial charge in [-0.05, 0) is 36.4 Å². The molecule has 0 unspecified atom stereocenters. The molecule has 4 rings (SSSR count). The van der Waals surface area contributed by atoms with Crippen LogP contribution in [-0.4, -0.2) is 25.0 Å². The molecule has 0 atom stereocenters. The molecule has 0 aliphatic carbocycles. The number of barbiturate groups is 1. The molecule has 1 aliphatic rings. The molecule has 0 spiro atoms. The van der Waals surface area contributed by atoms with Gasteiger partial charge in [0.15, 0.2) is 0 Å². The summed E-state index contributed by atoms with van der Waals surface area (Å²) in [6, 6.07) is 16.2. The minimum atomic E-state index is -1.04. The number of hydrogen-bond acceptors (Lipinski definition) is 5. The fourth-order valence-corrected chi connectivity index (χ4v) is 3.51. The molecule has 0 radical (unpaired) electrons. The van der Waals surface area contributed by atoms with E-state index in [1.807, 2.05) is 6.07 Å². The fraction of sp³-hybridized carbons (Fsp3) is 0.0800. The Morgan fingerprint density at radius 3 is 2.50 bits per heavy atom. The summed E-state index contributed by atoms with van der Waals surface area (Å²) in [5, 5.41) is 2.59. The molecule has 34 heavy (non-hydrogen) atoms. The Labute approximate surface area is 199 Å². The van der Waals surface area contributed by atoms with E-state index in [2.05, 4.69) is 5.32 Å². The third-order valence-corrected chi connectivity index (χ3v) is 5.43. The van der Waals surface area contributed by atoms with Crippen molar-refractivity contribution < 1.29 is 28.2 Å². The van der Waals surface area contributed by atoms with Crippen LogP contribution in [0.1, 0.15) is 11.1 Å². The topological polar surface area (TPSA) is 84.9 Å². The van der Waals surface area contributed by atoms with Crippen LogP contribution in [-0.2, 0) is 16.2 Å². The number of nitrogens with one attached hydrogen (secondary N) is 1. The van der Waals surface area contributed by atoms with Gasteiger partial charge < -0.3 is 9.47 Å². The van der Waals surface area contributed by atoms with Crippen molar-refractivity contribution in [3.8, 4) is 11.5 Å². The number of nitrogens with zero attached hydrogens (tertiary/aromatic N) is 1. The highest BCUT2D eigenvalue weighted by molar-refractivity contribution is 6.39. The van der Waals surface area contributed by atoms with Crippen LogP contribution in [0.5, 0.6) is 11.5 Å². The van der Waals surface area contributed by atoms with Crippen LogP contribution >= 0.6 is 11.6 Å². The monoisotopic (exact) mass is 480 g/mol. The number of amides is 4. The number of urea groups is 1. The second-order valence-corrected chi connectivity index (χ2v) is 7.60. The fourth-order valence-electron chi connectivity index (χ4n) is 3.32. The van der Waals surface area contributed by atoms with Crippen LogP contribution in [0.25, 0.3) is 6.08 Å². The lowest BCUT2D eigenvalue weighted by atomic mass is 10.1. The van der Waals surface area contributed by atoms with Gasteiger partial charge in [0, 0.05) is 22.2 Å². The molecule has 1 aliphatic heterocycles. The average molecular weight is 481 g/mol. The summed E-state index contributed by atoms with van der Waals surface area (Å²) in [4.78, 5) is 38.5. The maximum absolute atomic E-state index is 14.3. The molecule has 172 valence electrons. The van der Waals surface area contributed by atoms with Crippen molar-refractivity contribution >= 4 is 41.2 Å². The second kappa shape index (κ2) is 9.76. The number of anilines is 1. The number of ether oxygens (including phenoxy) is 2. The highest BCUT2D eigenvalue weighted by Crippen LogP contribution is 2.30. The molecule has 7 nitrogen and oxygen atoms in total. The van der Waals surface area contributed by atoms with Crippen LogP contribution in [0.3, 0.4) is 0 Å². The molecule has 1 saturated heterocycles. The predicted octanol–water partition coefficient (Wildman–Crippen LogP) is 4.73. The largest absolute Gasteiger partial charge is 0.497 e. The SMILES string of the molecule is COc1ccc(/C=C2/C(=O)NC(=O)N(c3ccccc3F)C2=O)c(OCc2ccccc2Cl)c1. The van der Waals surface area contributed by atoms with Gasteiger partial charge in [0.1, 0.15) is 29.5 Å². The molecule has 1 N–H and O–H groups in total. The Morgan fingerprint density at radius 2 is 1.76 bits per heavy atom. The molecule has 9 heteroatoms. The number of imide groups is 2. The smallest absolute Gasteiger partial charge is 0.336 e. The molecule has 0 aromatic heterocycles.